The van der Waals surface area contributed by atoms with E-state index in [1.54, 1.807) is 14.0 Å². The van der Waals surface area contributed by atoms with Crippen LogP contribution in [0.3, 0.4) is 0 Å². The Morgan fingerprint density at radius 2 is 1.54 bits per heavy atom. The predicted octanol–water partition coefficient (Wildman–Crippen LogP) is 4.02. The Balaban J connectivity index is 1.26. The number of nitrogens with one attached hydrogen (secondary N) is 2. The second-order valence-electron chi connectivity index (χ2n) is 10.1. The van der Waals surface area contributed by atoms with Crippen LogP contribution < -0.4 is 10.6 Å². The molecule has 0 saturated carbocycles. The molecule has 41 heavy (non-hydrogen) atoms. The zero-order chi connectivity index (χ0) is 29.2. The lowest BCUT2D eigenvalue weighted by atomic mass is 9.98. The van der Waals surface area contributed by atoms with Crippen molar-refractivity contribution in [2.75, 3.05) is 33.4 Å². The molecule has 0 heterocycles. The molecule has 4 rings (SSSR count). The Bertz CT molecular complexity index is 1290. The molecule has 9 heteroatoms. The van der Waals surface area contributed by atoms with Gasteiger partial charge in [0.15, 0.2) is 0 Å². The summed E-state index contributed by atoms with van der Waals surface area (Å²) in [6, 6.07) is 24.8. The van der Waals surface area contributed by atoms with Gasteiger partial charge in [-0.2, -0.15) is 0 Å². The van der Waals surface area contributed by atoms with Crippen LogP contribution in [0.5, 0.6) is 0 Å². The Morgan fingerprint density at radius 3 is 2.15 bits per heavy atom. The van der Waals surface area contributed by atoms with Crippen molar-refractivity contribution < 1.29 is 29.0 Å². The van der Waals surface area contributed by atoms with Gasteiger partial charge in [-0.25, -0.2) is 9.59 Å². The summed E-state index contributed by atoms with van der Waals surface area (Å²) in [6.45, 7) is 3.02. The molecule has 3 aromatic carbocycles. The van der Waals surface area contributed by atoms with Crippen LogP contribution in [0.4, 0.5) is 4.79 Å². The highest BCUT2D eigenvalue weighted by Gasteiger charge is 2.29. The highest BCUT2D eigenvalue weighted by atomic mass is 16.5. The number of carboxylic acids is 1. The van der Waals surface area contributed by atoms with Crippen molar-refractivity contribution in [3.63, 3.8) is 0 Å². The van der Waals surface area contributed by atoms with Gasteiger partial charge in [0.1, 0.15) is 12.6 Å². The number of hydrogen-bond donors (Lipinski definition) is 3. The van der Waals surface area contributed by atoms with Gasteiger partial charge in [0, 0.05) is 32.2 Å². The summed E-state index contributed by atoms with van der Waals surface area (Å²) in [5, 5.41) is 15.0. The van der Waals surface area contributed by atoms with Crippen LogP contribution in [-0.4, -0.2) is 73.5 Å². The second-order valence-corrected chi connectivity index (χ2v) is 10.1. The third kappa shape index (κ3) is 8.15. The number of carbonyl (C=O) groups is 3. The molecule has 216 valence electrons. The number of benzene rings is 3. The zero-order valence-electron chi connectivity index (χ0n) is 23.4. The van der Waals surface area contributed by atoms with Crippen LogP contribution in [0, 0.1) is 0 Å². The van der Waals surface area contributed by atoms with E-state index in [9.17, 15) is 19.5 Å². The summed E-state index contributed by atoms with van der Waals surface area (Å²) in [7, 11) is 1.80. The maximum atomic E-state index is 12.7. The van der Waals surface area contributed by atoms with E-state index in [0.29, 0.717) is 13.2 Å². The number of nitrogens with zero attached hydrogens (tertiary/aromatic N) is 1. The fourth-order valence-electron chi connectivity index (χ4n) is 5.19. The van der Waals surface area contributed by atoms with Gasteiger partial charge in [-0.15, -0.1) is 0 Å². The summed E-state index contributed by atoms with van der Waals surface area (Å²) in [5.74, 6) is -1.66. The Labute approximate surface area is 240 Å². The van der Waals surface area contributed by atoms with Crippen molar-refractivity contribution >= 4 is 18.0 Å². The summed E-state index contributed by atoms with van der Waals surface area (Å²) in [4.78, 5) is 39.0. The normalized spacial score (nSPS) is 13.6. The standard InChI is InChI=1S/C32H37N3O6/c1-3-40-23(17-30(36)34-29(31(37)38)20-35(2)19-22-11-5-4-6-12-22)18-33-32(39)41-21-28-26-15-9-7-13-24(26)25-14-8-10-16-27(25)28/h4-16,23,28-29H,3,17-21H2,1-2H3,(H,33,39)(H,34,36)(H,37,38). The summed E-state index contributed by atoms with van der Waals surface area (Å²) >= 11 is 0. The minimum Gasteiger partial charge on any atom is -0.480 e. The predicted molar refractivity (Wildman–Crippen MR) is 155 cm³/mol. The first-order chi connectivity index (χ1) is 19.9. The average Bonchev–Trinajstić information content (AvgIpc) is 3.28. The van der Waals surface area contributed by atoms with Crippen LogP contribution >= 0.6 is 0 Å². The number of likely N-dealkylation sites (N-methyl/N-ethyl adjacent to an activating group) is 1. The highest BCUT2D eigenvalue weighted by molar-refractivity contribution is 5.84. The van der Waals surface area contributed by atoms with Gasteiger partial charge in [-0.1, -0.05) is 78.9 Å². The van der Waals surface area contributed by atoms with Crippen LogP contribution in [-0.2, 0) is 25.6 Å². The molecule has 2 amide bonds. The fraction of sp³-hybridized carbons (Fsp3) is 0.344. The SMILES string of the molecule is CCOC(CNC(=O)OCC1c2ccccc2-c2ccccc21)CC(=O)NC(CN(C)Cc1ccccc1)C(=O)O. The first kappa shape index (κ1) is 29.8. The minimum atomic E-state index is -1.12. The molecule has 0 bridgehead atoms. The van der Waals surface area contributed by atoms with Crippen LogP contribution in [0.25, 0.3) is 11.1 Å². The van der Waals surface area contributed by atoms with Gasteiger partial charge >= 0.3 is 12.1 Å². The number of carboxylic acid groups (broad SMARTS) is 1. The molecule has 0 fully saturated rings. The summed E-state index contributed by atoms with van der Waals surface area (Å²) in [5.41, 5.74) is 5.57. The molecule has 0 aromatic heterocycles. The van der Waals surface area contributed by atoms with E-state index in [1.165, 1.54) is 0 Å². The molecule has 3 aromatic rings. The van der Waals surface area contributed by atoms with Gasteiger partial charge < -0.3 is 25.2 Å². The maximum Gasteiger partial charge on any atom is 0.407 e. The number of alkyl carbamates (subject to hydrolysis) is 1. The van der Waals surface area contributed by atoms with Crippen molar-refractivity contribution in [2.24, 2.45) is 0 Å². The number of carbonyl (C=O) groups excluding carboxylic acids is 2. The molecule has 1 aliphatic rings. The zero-order valence-corrected chi connectivity index (χ0v) is 23.4. The van der Waals surface area contributed by atoms with Crippen molar-refractivity contribution in [1.29, 1.82) is 0 Å². The molecule has 0 spiro atoms. The molecule has 9 nitrogen and oxygen atoms in total. The lowest BCUT2D eigenvalue weighted by Crippen LogP contribution is -2.48. The van der Waals surface area contributed by atoms with Crippen LogP contribution in [0.15, 0.2) is 78.9 Å². The average molecular weight is 560 g/mol. The van der Waals surface area contributed by atoms with E-state index in [4.69, 9.17) is 9.47 Å². The van der Waals surface area contributed by atoms with Crippen molar-refractivity contribution in [2.45, 2.75) is 38.0 Å². The number of hydrogen-bond acceptors (Lipinski definition) is 6. The van der Waals surface area contributed by atoms with Gasteiger partial charge in [-0.05, 0) is 41.8 Å². The molecule has 2 unspecified atom stereocenters. The first-order valence-corrected chi connectivity index (χ1v) is 13.8. The van der Waals surface area contributed by atoms with Crippen molar-refractivity contribution in [3.05, 3.63) is 95.6 Å². The third-order valence-electron chi connectivity index (χ3n) is 7.06. The molecular weight excluding hydrogens is 522 g/mol. The summed E-state index contributed by atoms with van der Waals surface area (Å²) < 4.78 is 11.2. The van der Waals surface area contributed by atoms with Crippen molar-refractivity contribution in [1.82, 2.24) is 15.5 Å². The second kappa shape index (κ2) is 14.4. The monoisotopic (exact) mass is 559 g/mol. The summed E-state index contributed by atoms with van der Waals surface area (Å²) in [6.07, 6.45) is -1.36. The molecular formula is C32H37N3O6. The molecule has 1 aliphatic carbocycles. The highest BCUT2D eigenvalue weighted by Crippen LogP contribution is 2.44. The lowest BCUT2D eigenvalue weighted by molar-refractivity contribution is -0.142. The Morgan fingerprint density at radius 1 is 0.927 bits per heavy atom. The number of ether oxygens (including phenoxy) is 2. The molecule has 0 radical (unpaired) electrons. The van der Waals surface area contributed by atoms with E-state index in [1.807, 2.05) is 59.5 Å². The molecule has 0 aliphatic heterocycles. The minimum absolute atomic E-state index is 0.0452. The maximum absolute atomic E-state index is 12.7. The molecule has 3 N–H and O–H groups in total. The number of fused-ring (bicyclic) bond motifs is 3. The van der Waals surface area contributed by atoms with E-state index in [0.717, 1.165) is 27.8 Å². The largest absolute Gasteiger partial charge is 0.480 e. The van der Waals surface area contributed by atoms with Gasteiger partial charge in [-0.3, -0.25) is 9.69 Å². The number of rotatable bonds is 14. The van der Waals surface area contributed by atoms with Crippen LogP contribution in [0.2, 0.25) is 0 Å². The van der Waals surface area contributed by atoms with E-state index in [-0.39, 0.29) is 32.0 Å². The number of aliphatic carboxylic acids is 1. The van der Waals surface area contributed by atoms with E-state index >= 15 is 0 Å². The van der Waals surface area contributed by atoms with Gasteiger partial charge in [0.2, 0.25) is 5.91 Å². The van der Waals surface area contributed by atoms with Gasteiger partial charge in [0.25, 0.3) is 0 Å². The first-order valence-electron chi connectivity index (χ1n) is 13.8. The Kier molecular flexibility index (Phi) is 10.5. The van der Waals surface area contributed by atoms with Crippen molar-refractivity contribution in [3.8, 4) is 11.1 Å². The van der Waals surface area contributed by atoms with E-state index < -0.39 is 30.1 Å². The molecule has 0 saturated heterocycles. The Hall–Kier alpha value is -4.21. The smallest absolute Gasteiger partial charge is 0.407 e. The number of amides is 2. The fourth-order valence-corrected chi connectivity index (χ4v) is 5.19. The van der Waals surface area contributed by atoms with Crippen LogP contribution in [0.1, 0.15) is 36.0 Å². The lowest BCUT2D eigenvalue weighted by Gasteiger charge is -2.23. The van der Waals surface area contributed by atoms with Gasteiger partial charge in [0.05, 0.1) is 12.5 Å². The quantitative estimate of drug-likeness (QED) is 0.273. The van der Waals surface area contributed by atoms with E-state index in [2.05, 4.69) is 34.9 Å². The third-order valence-corrected chi connectivity index (χ3v) is 7.06. The molecule has 2 atom stereocenters. The topological polar surface area (TPSA) is 117 Å².